The Morgan fingerprint density at radius 1 is 0.387 bits per heavy atom. The van der Waals surface area contributed by atoms with Crippen molar-refractivity contribution in [1.82, 2.24) is 9.97 Å². The zero-order valence-corrected chi connectivity index (χ0v) is 18.1. The third-order valence-corrected chi connectivity index (χ3v) is 6.48. The second-order valence-electron chi connectivity index (χ2n) is 6.11. The van der Waals surface area contributed by atoms with Crippen molar-refractivity contribution in [2.45, 2.75) is 0 Å². The molecule has 31 heavy (non-hydrogen) atoms. The van der Waals surface area contributed by atoms with Crippen LogP contribution in [0.4, 0.5) is 4.70 Å². The first-order valence-corrected chi connectivity index (χ1v) is 10.9. The highest BCUT2D eigenvalue weighted by atomic mass is 31.1. The van der Waals surface area contributed by atoms with Crippen LogP contribution in [-0.4, -0.2) is 18.4 Å². The van der Waals surface area contributed by atoms with E-state index in [0.717, 1.165) is 0 Å². The SMILES string of the molecule is F.[B].c1cc[nH]c1.c1cc[nH]c1.c1ccc(P(c2ccccc2)c2ccccc2)cc1. The van der Waals surface area contributed by atoms with Gasteiger partial charge >= 0.3 is 0 Å². The highest BCUT2D eigenvalue weighted by Gasteiger charge is 2.14. The van der Waals surface area contributed by atoms with Crippen molar-refractivity contribution < 1.29 is 4.70 Å². The van der Waals surface area contributed by atoms with Gasteiger partial charge in [0.25, 0.3) is 0 Å². The number of aromatic nitrogens is 2. The molecule has 2 aromatic heterocycles. The van der Waals surface area contributed by atoms with E-state index in [0.29, 0.717) is 0 Å². The zero-order chi connectivity index (χ0) is 20.0. The zero-order valence-electron chi connectivity index (χ0n) is 17.2. The molecule has 2 N–H and O–H groups in total. The van der Waals surface area contributed by atoms with Crippen LogP contribution < -0.4 is 15.9 Å². The minimum atomic E-state index is -0.446. The van der Waals surface area contributed by atoms with Gasteiger partial charge in [-0.2, -0.15) is 0 Å². The lowest BCUT2D eigenvalue weighted by molar-refractivity contribution is 1.11. The van der Waals surface area contributed by atoms with Crippen LogP contribution in [-0.2, 0) is 0 Å². The van der Waals surface area contributed by atoms with Crippen LogP contribution in [0.25, 0.3) is 0 Å². The molecule has 0 amide bonds. The molecule has 3 aromatic carbocycles. The van der Waals surface area contributed by atoms with Gasteiger partial charge in [-0.3, -0.25) is 4.70 Å². The summed E-state index contributed by atoms with van der Waals surface area (Å²) in [5, 5.41) is 4.19. The van der Waals surface area contributed by atoms with Crippen molar-refractivity contribution in [3.8, 4) is 0 Å². The van der Waals surface area contributed by atoms with E-state index in [4.69, 9.17) is 0 Å². The summed E-state index contributed by atoms with van der Waals surface area (Å²) >= 11 is 0. The molecule has 0 fully saturated rings. The summed E-state index contributed by atoms with van der Waals surface area (Å²) in [6, 6.07) is 40.1. The number of rotatable bonds is 3. The van der Waals surface area contributed by atoms with Crippen LogP contribution in [0.3, 0.4) is 0 Å². The Morgan fingerprint density at radius 2 is 0.645 bits per heavy atom. The lowest BCUT2D eigenvalue weighted by Gasteiger charge is -2.18. The molecule has 0 unspecified atom stereocenters. The van der Waals surface area contributed by atoms with E-state index >= 15 is 0 Å². The average Bonchev–Trinajstić information content (AvgIpc) is 3.55. The first-order chi connectivity index (χ1) is 14.4. The van der Waals surface area contributed by atoms with Gasteiger partial charge in [0.1, 0.15) is 0 Å². The van der Waals surface area contributed by atoms with Gasteiger partial charge < -0.3 is 9.97 Å². The fourth-order valence-electron chi connectivity index (χ4n) is 2.73. The topological polar surface area (TPSA) is 31.6 Å². The van der Waals surface area contributed by atoms with Crippen molar-refractivity contribution in [1.29, 1.82) is 0 Å². The highest BCUT2D eigenvalue weighted by molar-refractivity contribution is 7.79. The van der Waals surface area contributed by atoms with E-state index < -0.39 is 7.92 Å². The summed E-state index contributed by atoms with van der Waals surface area (Å²) in [6.07, 6.45) is 7.50. The number of hydrogen-bond donors (Lipinski definition) is 2. The molecule has 0 atom stereocenters. The van der Waals surface area contributed by atoms with Crippen molar-refractivity contribution in [3.05, 3.63) is 140 Å². The predicted octanol–water partition coefficient (Wildman–Crippen LogP) is 5.25. The fraction of sp³-hybridized carbons (Fsp3) is 0. The summed E-state index contributed by atoms with van der Waals surface area (Å²) in [5.74, 6) is 0. The Morgan fingerprint density at radius 3 is 0.839 bits per heavy atom. The third-order valence-electron chi connectivity index (χ3n) is 4.04. The van der Waals surface area contributed by atoms with Crippen molar-refractivity contribution in [3.63, 3.8) is 0 Å². The van der Waals surface area contributed by atoms with Gasteiger partial charge in [0.05, 0.1) is 0 Å². The Hall–Kier alpha value is -3.36. The largest absolute Gasteiger partial charge is 0.368 e. The Balaban J connectivity index is 0.000000331. The van der Waals surface area contributed by atoms with E-state index in [1.165, 1.54) is 15.9 Å². The lowest BCUT2D eigenvalue weighted by Crippen LogP contribution is -2.20. The maximum absolute atomic E-state index is 2.86. The van der Waals surface area contributed by atoms with E-state index in [-0.39, 0.29) is 13.1 Å². The molecule has 0 aliphatic carbocycles. The second kappa shape index (κ2) is 15.5. The lowest BCUT2D eigenvalue weighted by atomic mass is 10.4. The molecule has 0 bridgehead atoms. The smallest absolute Gasteiger partial charge is 0.000496 e. The van der Waals surface area contributed by atoms with Crippen molar-refractivity contribution >= 4 is 32.2 Å². The first-order valence-electron chi connectivity index (χ1n) is 9.56. The molecule has 0 spiro atoms. The maximum Gasteiger partial charge on any atom is 0.000496 e. The minimum Gasteiger partial charge on any atom is -0.368 e. The summed E-state index contributed by atoms with van der Waals surface area (Å²) in [5.41, 5.74) is 0. The van der Waals surface area contributed by atoms with Crippen LogP contribution in [0.5, 0.6) is 0 Å². The van der Waals surface area contributed by atoms with Crippen LogP contribution >= 0.6 is 7.92 Å². The Bertz CT molecular complexity index is 839. The normalized spacial score (nSPS) is 9.06. The fourth-order valence-corrected chi connectivity index (χ4v) is 5.04. The number of hydrogen-bond acceptors (Lipinski definition) is 0. The quantitative estimate of drug-likeness (QED) is 0.291. The molecule has 5 aromatic rings. The summed E-state index contributed by atoms with van der Waals surface area (Å²) in [4.78, 5) is 5.72. The Labute approximate surface area is 187 Å². The average molecular weight is 427 g/mol. The summed E-state index contributed by atoms with van der Waals surface area (Å²) < 4.78 is 0. The number of H-pyrrole nitrogens is 2. The van der Waals surface area contributed by atoms with Gasteiger partial charge in [0.2, 0.25) is 0 Å². The van der Waals surface area contributed by atoms with Gasteiger partial charge in [-0.1, -0.05) is 91.0 Å². The maximum atomic E-state index is 2.86. The molecule has 2 heterocycles. The summed E-state index contributed by atoms with van der Waals surface area (Å²) in [6.45, 7) is 0. The van der Waals surface area contributed by atoms with Gasteiger partial charge in [-0.15, -0.1) is 0 Å². The van der Waals surface area contributed by atoms with Crippen LogP contribution in [0, 0.1) is 0 Å². The first kappa shape index (κ1) is 25.7. The predicted molar refractivity (Wildman–Crippen MR) is 135 cm³/mol. The molecular weight excluding hydrogens is 401 g/mol. The van der Waals surface area contributed by atoms with Crippen molar-refractivity contribution in [2.24, 2.45) is 0 Å². The van der Waals surface area contributed by atoms with E-state index in [1.54, 1.807) is 0 Å². The standard InChI is InChI=1S/C18H15P.2C4H5N.B.FH/c1-4-10-16(11-5-1)19(17-12-6-2-7-13-17)18-14-8-3-9-15-18;2*1-2-4-5-3-1;;/h1-15H;2*1-5H;;1H. The highest BCUT2D eigenvalue weighted by Crippen LogP contribution is 2.32. The van der Waals surface area contributed by atoms with Gasteiger partial charge in [0.15, 0.2) is 0 Å². The molecular formula is C26H26BFN2P. The van der Waals surface area contributed by atoms with Crippen molar-refractivity contribution in [2.75, 3.05) is 0 Å². The van der Waals surface area contributed by atoms with Crippen LogP contribution in [0.1, 0.15) is 0 Å². The molecule has 3 radical (unpaired) electrons. The van der Waals surface area contributed by atoms with Gasteiger partial charge in [-0.05, 0) is 48.1 Å². The number of nitrogens with one attached hydrogen (secondary N) is 2. The molecule has 2 nitrogen and oxygen atoms in total. The molecule has 0 aliphatic rings. The van der Waals surface area contributed by atoms with Gasteiger partial charge in [-0.25, -0.2) is 0 Å². The molecule has 155 valence electrons. The van der Waals surface area contributed by atoms with Gasteiger partial charge in [0, 0.05) is 33.2 Å². The second-order valence-corrected chi connectivity index (χ2v) is 8.33. The minimum absolute atomic E-state index is 0. The Kier molecular flexibility index (Phi) is 12.8. The van der Waals surface area contributed by atoms with Crippen LogP contribution in [0.2, 0.25) is 0 Å². The molecule has 0 aliphatic heterocycles. The van der Waals surface area contributed by atoms with E-state index in [1.807, 2.05) is 49.1 Å². The number of aromatic amines is 2. The molecule has 0 saturated heterocycles. The number of benzene rings is 3. The third kappa shape index (κ3) is 8.90. The van der Waals surface area contributed by atoms with Crippen LogP contribution in [0.15, 0.2) is 140 Å². The molecule has 5 rings (SSSR count). The summed E-state index contributed by atoms with van der Waals surface area (Å²) in [7, 11) is -0.446. The monoisotopic (exact) mass is 427 g/mol. The number of halogens is 1. The van der Waals surface area contributed by atoms with E-state index in [9.17, 15) is 0 Å². The van der Waals surface area contributed by atoms with E-state index in [2.05, 4.69) is 101 Å². The molecule has 5 heteroatoms. The molecule has 0 saturated carbocycles.